The van der Waals surface area contributed by atoms with Gasteiger partial charge in [0.25, 0.3) is 0 Å². The second-order valence-electron chi connectivity index (χ2n) is 2.81. The SMILES string of the molecule is Cc1nnc(CC(C)C)s1. The summed E-state index contributed by atoms with van der Waals surface area (Å²) in [6.45, 7) is 6.37. The van der Waals surface area contributed by atoms with Crippen LogP contribution in [0.1, 0.15) is 23.9 Å². The normalized spacial score (nSPS) is 10.8. The molecule has 1 aromatic rings. The second-order valence-corrected chi connectivity index (χ2v) is 4.08. The highest BCUT2D eigenvalue weighted by atomic mass is 32.1. The number of nitrogens with zero attached hydrogens (tertiary/aromatic N) is 2. The summed E-state index contributed by atoms with van der Waals surface area (Å²) in [6.07, 6.45) is 1.06. The first-order chi connectivity index (χ1) is 4.68. The van der Waals surface area contributed by atoms with Crippen LogP contribution in [0.3, 0.4) is 0 Å². The van der Waals surface area contributed by atoms with E-state index >= 15 is 0 Å². The maximum Gasteiger partial charge on any atom is 0.117 e. The van der Waals surface area contributed by atoms with Gasteiger partial charge in [0, 0.05) is 6.42 Å². The minimum absolute atomic E-state index is 0.687. The molecule has 0 unspecified atom stereocenters. The Kier molecular flexibility index (Phi) is 2.38. The van der Waals surface area contributed by atoms with Gasteiger partial charge in [0.05, 0.1) is 0 Å². The van der Waals surface area contributed by atoms with Crippen LogP contribution in [0.2, 0.25) is 0 Å². The zero-order valence-electron chi connectivity index (χ0n) is 6.59. The minimum atomic E-state index is 0.687. The predicted octanol–water partition coefficient (Wildman–Crippen LogP) is 2.05. The molecule has 0 saturated heterocycles. The number of aryl methyl sites for hydroxylation is 1. The molecule has 2 nitrogen and oxygen atoms in total. The lowest BCUT2D eigenvalue weighted by Crippen LogP contribution is -1.92. The molecule has 10 heavy (non-hydrogen) atoms. The molecule has 0 aliphatic rings. The Morgan fingerprint density at radius 3 is 2.50 bits per heavy atom. The lowest BCUT2D eigenvalue weighted by molar-refractivity contribution is 0.639. The van der Waals surface area contributed by atoms with Gasteiger partial charge < -0.3 is 0 Å². The van der Waals surface area contributed by atoms with Crippen LogP contribution in [0.25, 0.3) is 0 Å². The quantitative estimate of drug-likeness (QED) is 0.655. The van der Waals surface area contributed by atoms with E-state index in [9.17, 15) is 0 Å². The van der Waals surface area contributed by atoms with Gasteiger partial charge in [-0.05, 0) is 12.8 Å². The molecular weight excluding hydrogens is 144 g/mol. The molecule has 0 aliphatic carbocycles. The summed E-state index contributed by atoms with van der Waals surface area (Å²) in [5, 5.41) is 10.2. The van der Waals surface area contributed by atoms with E-state index in [4.69, 9.17) is 0 Å². The highest BCUT2D eigenvalue weighted by Crippen LogP contribution is 2.12. The molecule has 56 valence electrons. The van der Waals surface area contributed by atoms with E-state index in [0.717, 1.165) is 16.4 Å². The van der Waals surface area contributed by atoms with Crippen molar-refractivity contribution in [2.24, 2.45) is 5.92 Å². The third-order valence-electron chi connectivity index (χ3n) is 1.15. The summed E-state index contributed by atoms with van der Waals surface area (Å²) in [6, 6.07) is 0. The molecule has 0 N–H and O–H groups in total. The fourth-order valence-electron chi connectivity index (χ4n) is 0.769. The molecule has 1 aromatic heterocycles. The van der Waals surface area contributed by atoms with Gasteiger partial charge in [-0.1, -0.05) is 13.8 Å². The predicted molar refractivity (Wildman–Crippen MR) is 43.2 cm³/mol. The standard InChI is InChI=1S/C7H12N2S/c1-5(2)4-7-9-8-6(3)10-7/h5H,4H2,1-3H3. The number of hydrogen-bond acceptors (Lipinski definition) is 3. The van der Waals surface area contributed by atoms with Crippen molar-refractivity contribution in [1.82, 2.24) is 10.2 Å². The summed E-state index contributed by atoms with van der Waals surface area (Å²) in [4.78, 5) is 0. The Morgan fingerprint density at radius 1 is 1.40 bits per heavy atom. The second kappa shape index (κ2) is 3.10. The summed E-state index contributed by atoms with van der Waals surface area (Å²) < 4.78 is 0. The molecular formula is C7H12N2S. The first-order valence-electron chi connectivity index (χ1n) is 3.47. The van der Waals surface area contributed by atoms with Crippen LogP contribution >= 0.6 is 11.3 Å². The van der Waals surface area contributed by atoms with Gasteiger partial charge in [-0.15, -0.1) is 21.5 Å². The zero-order valence-corrected chi connectivity index (χ0v) is 7.40. The molecule has 0 fully saturated rings. The first kappa shape index (κ1) is 7.66. The monoisotopic (exact) mass is 156 g/mol. The van der Waals surface area contributed by atoms with Crippen molar-refractivity contribution in [3.63, 3.8) is 0 Å². The van der Waals surface area contributed by atoms with Crippen molar-refractivity contribution >= 4 is 11.3 Å². The fraction of sp³-hybridized carbons (Fsp3) is 0.714. The first-order valence-corrected chi connectivity index (χ1v) is 4.29. The average Bonchev–Trinajstić information content (AvgIpc) is 2.13. The molecule has 1 heterocycles. The van der Waals surface area contributed by atoms with Gasteiger partial charge >= 0.3 is 0 Å². The third kappa shape index (κ3) is 2.06. The van der Waals surface area contributed by atoms with Crippen LogP contribution in [-0.4, -0.2) is 10.2 Å². The van der Waals surface area contributed by atoms with Crippen molar-refractivity contribution in [1.29, 1.82) is 0 Å². The Balaban J connectivity index is 2.58. The fourth-order valence-corrected chi connectivity index (χ4v) is 1.69. The molecule has 0 radical (unpaired) electrons. The Hall–Kier alpha value is -0.440. The van der Waals surface area contributed by atoms with Crippen LogP contribution < -0.4 is 0 Å². The molecule has 0 spiro atoms. The van der Waals surface area contributed by atoms with E-state index in [1.165, 1.54) is 0 Å². The average molecular weight is 156 g/mol. The molecule has 0 bridgehead atoms. The molecule has 0 saturated carbocycles. The van der Waals surface area contributed by atoms with Gasteiger partial charge in [0.2, 0.25) is 0 Å². The lowest BCUT2D eigenvalue weighted by atomic mass is 10.1. The van der Waals surface area contributed by atoms with Crippen molar-refractivity contribution in [2.75, 3.05) is 0 Å². The van der Waals surface area contributed by atoms with Crippen molar-refractivity contribution in [3.05, 3.63) is 10.0 Å². The van der Waals surface area contributed by atoms with Gasteiger partial charge in [-0.3, -0.25) is 0 Å². The Labute approximate surface area is 65.3 Å². The van der Waals surface area contributed by atoms with E-state index < -0.39 is 0 Å². The molecule has 0 amide bonds. The van der Waals surface area contributed by atoms with E-state index in [0.29, 0.717) is 5.92 Å². The van der Waals surface area contributed by atoms with Crippen molar-refractivity contribution in [2.45, 2.75) is 27.2 Å². The van der Waals surface area contributed by atoms with Crippen LogP contribution in [0, 0.1) is 12.8 Å². The third-order valence-corrected chi connectivity index (χ3v) is 2.01. The maximum atomic E-state index is 4.02. The van der Waals surface area contributed by atoms with E-state index in [2.05, 4.69) is 24.0 Å². The number of hydrogen-bond donors (Lipinski definition) is 0. The molecule has 0 aromatic carbocycles. The number of rotatable bonds is 2. The maximum absolute atomic E-state index is 4.02. The smallest absolute Gasteiger partial charge is 0.117 e. The molecule has 3 heteroatoms. The Morgan fingerprint density at radius 2 is 2.10 bits per heavy atom. The molecule has 0 aliphatic heterocycles. The summed E-state index contributed by atoms with van der Waals surface area (Å²) >= 11 is 1.69. The van der Waals surface area contributed by atoms with Crippen LogP contribution in [0.15, 0.2) is 0 Å². The van der Waals surface area contributed by atoms with Crippen LogP contribution in [0.4, 0.5) is 0 Å². The topological polar surface area (TPSA) is 25.8 Å². The van der Waals surface area contributed by atoms with E-state index in [-0.39, 0.29) is 0 Å². The largest absolute Gasteiger partial charge is 0.144 e. The highest BCUT2D eigenvalue weighted by molar-refractivity contribution is 7.11. The summed E-state index contributed by atoms with van der Waals surface area (Å²) in [5.41, 5.74) is 0. The Bertz CT molecular complexity index is 205. The highest BCUT2D eigenvalue weighted by Gasteiger charge is 2.01. The lowest BCUT2D eigenvalue weighted by Gasteiger charge is -1.96. The van der Waals surface area contributed by atoms with Gasteiger partial charge in [0.15, 0.2) is 0 Å². The van der Waals surface area contributed by atoms with Crippen LogP contribution in [-0.2, 0) is 6.42 Å². The van der Waals surface area contributed by atoms with Gasteiger partial charge in [-0.25, -0.2) is 0 Å². The zero-order chi connectivity index (χ0) is 7.56. The van der Waals surface area contributed by atoms with Crippen molar-refractivity contribution in [3.8, 4) is 0 Å². The molecule has 0 atom stereocenters. The van der Waals surface area contributed by atoms with Gasteiger partial charge in [0.1, 0.15) is 10.0 Å². The summed E-state index contributed by atoms with van der Waals surface area (Å²) in [5.74, 6) is 0.687. The van der Waals surface area contributed by atoms with Crippen molar-refractivity contribution < 1.29 is 0 Å². The van der Waals surface area contributed by atoms with E-state index in [1.807, 2.05) is 6.92 Å². The van der Waals surface area contributed by atoms with Crippen LogP contribution in [0.5, 0.6) is 0 Å². The van der Waals surface area contributed by atoms with Gasteiger partial charge in [-0.2, -0.15) is 0 Å². The summed E-state index contributed by atoms with van der Waals surface area (Å²) in [7, 11) is 0. The molecule has 1 rings (SSSR count). The number of aromatic nitrogens is 2. The minimum Gasteiger partial charge on any atom is -0.144 e. The van der Waals surface area contributed by atoms with E-state index in [1.54, 1.807) is 11.3 Å².